The zero-order chi connectivity index (χ0) is 27.4. The quantitative estimate of drug-likeness (QED) is 0.250. The predicted octanol–water partition coefficient (Wildman–Crippen LogP) is 4.69. The first-order valence-electron chi connectivity index (χ1n) is 12.1. The van der Waals surface area contributed by atoms with E-state index in [1.165, 1.54) is 12.0 Å². The number of carbonyl (C=O) groups excluding carboxylic acids is 2. The lowest BCUT2D eigenvalue weighted by Gasteiger charge is -2.27. The second kappa shape index (κ2) is 11.3. The summed E-state index contributed by atoms with van der Waals surface area (Å²) < 4.78 is 21.7. The van der Waals surface area contributed by atoms with Crippen LogP contribution in [0.25, 0.3) is 5.76 Å². The van der Waals surface area contributed by atoms with Gasteiger partial charge >= 0.3 is 0 Å². The Labute approximate surface area is 222 Å². The first kappa shape index (κ1) is 26.6. The fourth-order valence-corrected chi connectivity index (χ4v) is 4.63. The number of aliphatic hydroxyl groups is 1. The number of hydrogen-bond acceptors (Lipinski definition) is 7. The molecule has 0 unspecified atom stereocenters. The average molecular weight is 518 g/mol. The summed E-state index contributed by atoms with van der Waals surface area (Å²) in [5.41, 5.74) is 2.92. The molecule has 4 rings (SSSR count). The minimum Gasteiger partial charge on any atom is -0.507 e. The Hall–Kier alpha value is -4.46. The lowest BCUT2D eigenvalue weighted by Crippen LogP contribution is -2.32. The molecule has 1 amide bonds. The molecular weight excluding hydrogens is 486 g/mol. The van der Waals surface area contributed by atoms with Crippen molar-refractivity contribution >= 4 is 17.4 Å². The number of rotatable bonds is 9. The standard InChI is InChI=1S/C30H31NO7/c1-18-6-9-20(10-7-18)28(32)26-27(22-12-11-21(35-2)17-24(22)37-4)31(30(34)29(26)33)15-14-19-8-13-23(36-3)25(16-19)38-5/h6-13,16-17,27,32H,14-15H2,1-5H3/t27-/m0/s1. The number of aryl methyl sites for hydroxylation is 1. The van der Waals surface area contributed by atoms with E-state index in [0.717, 1.165) is 11.1 Å². The number of hydrogen-bond donors (Lipinski definition) is 1. The summed E-state index contributed by atoms with van der Waals surface area (Å²) in [4.78, 5) is 28.2. The van der Waals surface area contributed by atoms with Gasteiger partial charge in [-0.1, -0.05) is 35.9 Å². The maximum Gasteiger partial charge on any atom is 0.295 e. The van der Waals surface area contributed by atoms with Crippen molar-refractivity contribution < 1.29 is 33.6 Å². The van der Waals surface area contributed by atoms with Crippen molar-refractivity contribution in [3.63, 3.8) is 0 Å². The monoisotopic (exact) mass is 517 g/mol. The van der Waals surface area contributed by atoms with Gasteiger partial charge in [0.1, 0.15) is 17.3 Å². The summed E-state index contributed by atoms with van der Waals surface area (Å²) in [6.07, 6.45) is 0.437. The number of carbonyl (C=O) groups is 2. The molecule has 1 aliphatic rings. The van der Waals surface area contributed by atoms with Crippen molar-refractivity contribution in [1.29, 1.82) is 0 Å². The summed E-state index contributed by atoms with van der Waals surface area (Å²) in [6.45, 7) is 2.14. The molecular formula is C30H31NO7. The predicted molar refractivity (Wildman–Crippen MR) is 143 cm³/mol. The molecule has 0 aliphatic carbocycles. The number of likely N-dealkylation sites (tertiary alicyclic amines) is 1. The van der Waals surface area contributed by atoms with Crippen LogP contribution in [0.2, 0.25) is 0 Å². The smallest absolute Gasteiger partial charge is 0.295 e. The first-order valence-corrected chi connectivity index (χ1v) is 12.1. The van der Waals surface area contributed by atoms with Crippen LogP contribution in [0.5, 0.6) is 23.0 Å². The first-order chi connectivity index (χ1) is 18.3. The summed E-state index contributed by atoms with van der Waals surface area (Å²) in [7, 11) is 6.17. The van der Waals surface area contributed by atoms with E-state index in [1.807, 2.05) is 31.2 Å². The van der Waals surface area contributed by atoms with E-state index in [4.69, 9.17) is 18.9 Å². The Kier molecular flexibility index (Phi) is 7.90. The van der Waals surface area contributed by atoms with Gasteiger partial charge in [-0.05, 0) is 43.2 Å². The second-order valence-electron chi connectivity index (χ2n) is 8.91. The minimum atomic E-state index is -0.864. The van der Waals surface area contributed by atoms with Crippen molar-refractivity contribution in [2.45, 2.75) is 19.4 Å². The van der Waals surface area contributed by atoms with Gasteiger partial charge in [0, 0.05) is 23.7 Å². The normalized spacial score (nSPS) is 16.4. The molecule has 3 aromatic carbocycles. The molecule has 1 saturated heterocycles. The second-order valence-corrected chi connectivity index (χ2v) is 8.91. The molecule has 8 nitrogen and oxygen atoms in total. The molecule has 1 heterocycles. The van der Waals surface area contributed by atoms with Gasteiger partial charge in [-0.25, -0.2) is 0 Å². The number of ketones is 1. The number of ether oxygens (including phenoxy) is 4. The highest BCUT2D eigenvalue weighted by molar-refractivity contribution is 6.46. The maximum absolute atomic E-state index is 13.4. The third kappa shape index (κ3) is 5.02. The van der Waals surface area contributed by atoms with E-state index in [0.29, 0.717) is 40.5 Å². The molecule has 0 saturated carbocycles. The highest BCUT2D eigenvalue weighted by Gasteiger charge is 2.47. The van der Waals surface area contributed by atoms with Crippen LogP contribution in [-0.2, 0) is 16.0 Å². The number of benzene rings is 3. The summed E-state index contributed by atoms with van der Waals surface area (Å²) in [6, 6.07) is 17.0. The lowest BCUT2D eigenvalue weighted by atomic mass is 9.94. The van der Waals surface area contributed by atoms with Gasteiger partial charge in [-0.15, -0.1) is 0 Å². The van der Waals surface area contributed by atoms with Crippen LogP contribution in [0, 0.1) is 6.92 Å². The van der Waals surface area contributed by atoms with E-state index in [2.05, 4.69) is 0 Å². The highest BCUT2D eigenvalue weighted by Crippen LogP contribution is 2.43. The zero-order valence-corrected chi connectivity index (χ0v) is 22.1. The van der Waals surface area contributed by atoms with Crippen molar-refractivity contribution in [2.75, 3.05) is 35.0 Å². The van der Waals surface area contributed by atoms with Gasteiger partial charge < -0.3 is 29.0 Å². The van der Waals surface area contributed by atoms with E-state index >= 15 is 0 Å². The molecule has 198 valence electrons. The summed E-state index contributed by atoms with van der Waals surface area (Å²) in [5.74, 6) is 0.478. The lowest BCUT2D eigenvalue weighted by molar-refractivity contribution is -0.139. The molecule has 0 bridgehead atoms. The summed E-state index contributed by atoms with van der Waals surface area (Å²) >= 11 is 0. The topological polar surface area (TPSA) is 94.5 Å². The number of methoxy groups -OCH3 is 4. The van der Waals surface area contributed by atoms with Crippen LogP contribution < -0.4 is 18.9 Å². The fraction of sp³-hybridized carbons (Fsp3) is 0.267. The van der Waals surface area contributed by atoms with Gasteiger partial charge in [0.15, 0.2) is 11.5 Å². The van der Waals surface area contributed by atoms with Gasteiger partial charge in [-0.2, -0.15) is 0 Å². The van der Waals surface area contributed by atoms with E-state index in [1.54, 1.807) is 57.7 Å². The Morgan fingerprint density at radius 3 is 2.13 bits per heavy atom. The van der Waals surface area contributed by atoms with Crippen LogP contribution in [0.3, 0.4) is 0 Å². The molecule has 0 aromatic heterocycles. The number of amides is 1. The number of Topliss-reactive ketones (excluding diaryl/α,β-unsaturated/α-hetero) is 1. The summed E-state index contributed by atoms with van der Waals surface area (Å²) in [5, 5.41) is 11.3. The molecule has 1 fully saturated rings. The van der Waals surface area contributed by atoms with Crippen LogP contribution in [-0.4, -0.2) is 56.7 Å². The van der Waals surface area contributed by atoms with Gasteiger partial charge in [0.2, 0.25) is 0 Å². The van der Waals surface area contributed by atoms with E-state index < -0.39 is 17.7 Å². The Morgan fingerprint density at radius 1 is 0.816 bits per heavy atom. The largest absolute Gasteiger partial charge is 0.507 e. The van der Waals surface area contributed by atoms with Crippen molar-refractivity contribution in [3.8, 4) is 23.0 Å². The van der Waals surface area contributed by atoms with Gasteiger partial charge in [0.05, 0.1) is 40.1 Å². The number of aliphatic hydroxyl groups excluding tert-OH is 1. The SMILES string of the molecule is COc1ccc([C@H]2C(=C(O)c3ccc(C)cc3)C(=O)C(=O)N2CCc2ccc(OC)c(OC)c2)c(OC)c1. The number of nitrogens with zero attached hydrogens (tertiary/aromatic N) is 1. The van der Waals surface area contributed by atoms with E-state index in [-0.39, 0.29) is 17.9 Å². The van der Waals surface area contributed by atoms with Crippen LogP contribution >= 0.6 is 0 Å². The Balaban J connectivity index is 1.80. The third-order valence-electron chi connectivity index (χ3n) is 6.69. The van der Waals surface area contributed by atoms with Crippen molar-refractivity contribution in [3.05, 3.63) is 88.5 Å². The van der Waals surface area contributed by atoms with E-state index in [9.17, 15) is 14.7 Å². The molecule has 1 atom stereocenters. The molecule has 0 radical (unpaired) electrons. The molecule has 8 heteroatoms. The third-order valence-corrected chi connectivity index (χ3v) is 6.69. The minimum absolute atomic E-state index is 0.00892. The molecule has 0 spiro atoms. The van der Waals surface area contributed by atoms with Crippen molar-refractivity contribution in [2.24, 2.45) is 0 Å². The molecule has 3 aromatic rings. The van der Waals surface area contributed by atoms with Crippen LogP contribution in [0.4, 0.5) is 0 Å². The van der Waals surface area contributed by atoms with Crippen LogP contribution in [0.15, 0.2) is 66.2 Å². The Morgan fingerprint density at radius 2 is 1.50 bits per heavy atom. The molecule has 38 heavy (non-hydrogen) atoms. The Bertz CT molecular complexity index is 1380. The van der Waals surface area contributed by atoms with Crippen molar-refractivity contribution in [1.82, 2.24) is 4.90 Å². The molecule has 1 N–H and O–H groups in total. The van der Waals surface area contributed by atoms with Gasteiger partial charge in [0.25, 0.3) is 11.7 Å². The maximum atomic E-state index is 13.4. The van der Waals surface area contributed by atoms with Crippen LogP contribution in [0.1, 0.15) is 28.3 Å². The highest BCUT2D eigenvalue weighted by atomic mass is 16.5. The average Bonchev–Trinajstić information content (AvgIpc) is 3.20. The van der Waals surface area contributed by atoms with Gasteiger partial charge in [-0.3, -0.25) is 9.59 Å². The fourth-order valence-electron chi connectivity index (χ4n) is 4.63. The molecule has 1 aliphatic heterocycles. The zero-order valence-electron chi connectivity index (χ0n) is 22.1.